The Balaban J connectivity index is 2.15. The molecule has 1 aliphatic heterocycles. The number of hydrogen-bond donors (Lipinski definition) is 2. The number of thioether (sulfide) groups is 1. The molecule has 0 radical (unpaired) electrons. The normalized spacial score (nSPS) is 13.4. The number of aromatic hydroxyl groups is 1. The Morgan fingerprint density at radius 2 is 2.11 bits per heavy atom. The number of phenols is 1. The Morgan fingerprint density at radius 1 is 1.26 bits per heavy atom. The first-order chi connectivity index (χ1) is 9.17. The minimum atomic E-state index is -0.500. The van der Waals surface area contributed by atoms with Gasteiger partial charge in [0.05, 0.1) is 5.69 Å². The molecule has 1 aromatic heterocycles. The molecule has 3 rings (SSSR count). The fourth-order valence-corrected chi connectivity index (χ4v) is 3.13. The molecule has 19 heavy (non-hydrogen) atoms. The lowest BCUT2D eigenvalue weighted by molar-refractivity contribution is 0.469. The van der Waals surface area contributed by atoms with E-state index in [-0.39, 0.29) is 5.75 Å². The first kappa shape index (κ1) is 12.2. The largest absolute Gasteiger partial charge is 0.508 e. The molecule has 2 aromatic rings. The molecule has 1 aromatic carbocycles. The zero-order chi connectivity index (χ0) is 13.4. The molecule has 6 heteroatoms. The highest BCUT2D eigenvalue weighted by atomic mass is 32.2. The van der Waals surface area contributed by atoms with E-state index >= 15 is 0 Å². The molecule has 0 saturated heterocycles. The quantitative estimate of drug-likeness (QED) is 0.884. The second-order valence-electron chi connectivity index (χ2n) is 4.26. The van der Waals surface area contributed by atoms with Crippen molar-refractivity contribution in [3.05, 3.63) is 35.3 Å². The summed E-state index contributed by atoms with van der Waals surface area (Å²) in [4.78, 5) is 8.87. The first-order valence-electron chi connectivity index (χ1n) is 5.82. The van der Waals surface area contributed by atoms with Crippen LogP contribution in [0.1, 0.15) is 11.3 Å². The predicted molar refractivity (Wildman–Crippen MR) is 73.6 cm³/mol. The van der Waals surface area contributed by atoms with Crippen LogP contribution in [0.2, 0.25) is 0 Å². The molecular weight excluding hydrogens is 265 g/mol. The van der Waals surface area contributed by atoms with Crippen LogP contribution in [0.25, 0.3) is 11.4 Å². The van der Waals surface area contributed by atoms with Gasteiger partial charge >= 0.3 is 0 Å². The van der Waals surface area contributed by atoms with E-state index in [4.69, 9.17) is 0 Å². The van der Waals surface area contributed by atoms with Gasteiger partial charge in [-0.1, -0.05) is 0 Å². The molecule has 0 spiro atoms. The molecule has 0 saturated carbocycles. The SMILES string of the molecule is CNc1nc(-c2cc(O)cc(F)c2)nc2c1CSC2. The van der Waals surface area contributed by atoms with Gasteiger partial charge < -0.3 is 10.4 Å². The Kier molecular flexibility index (Phi) is 3.02. The number of aromatic nitrogens is 2. The molecule has 4 nitrogen and oxygen atoms in total. The van der Waals surface area contributed by atoms with Gasteiger partial charge in [0, 0.05) is 35.7 Å². The molecule has 0 amide bonds. The summed E-state index contributed by atoms with van der Waals surface area (Å²) in [7, 11) is 1.80. The maximum absolute atomic E-state index is 13.3. The van der Waals surface area contributed by atoms with E-state index in [1.807, 2.05) is 0 Å². The Morgan fingerprint density at radius 3 is 2.84 bits per heavy atom. The highest BCUT2D eigenvalue weighted by Gasteiger charge is 2.20. The van der Waals surface area contributed by atoms with Gasteiger partial charge in [0.25, 0.3) is 0 Å². The van der Waals surface area contributed by atoms with Crippen LogP contribution in [0, 0.1) is 5.82 Å². The van der Waals surface area contributed by atoms with Gasteiger partial charge in [0.2, 0.25) is 0 Å². The summed E-state index contributed by atoms with van der Waals surface area (Å²) in [5.74, 6) is 2.30. The second kappa shape index (κ2) is 4.70. The third kappa shape index (κ3) is 2.23. The van der Waals surface area contributed by atoms with Crippen molar-refractivity contribution in [2.24, 2.45) is 0 Å². The predicted octanol–water partition coefficient (Wildman–Crippen LogP) is 2.78. The minimum Gasteiger partial charge on any atom is -0.508 e. The molecule has 1 aliphatic rings. The molecule has 0 fully saturated rings. The van der Waals surface area contributed by atoms with Crippen molar-refractivity contribution in [2.45, 2.75) is 11.5 Å². The smallest absolute Gasteiger partial charge is 0.162 e. The van der Waals surface area contributed by atoms with E-state index in [9.17, 15) is 9.50 Å². The summed E-state index contributed by atoms with van der Waals surface area (Å²) < 4.78 is 13.3. The van der Waals surface area contributed by atoms with Gasteiger partial charge in [0.15, 0.2) is 5.82 Å². The second-order valence-corrected chi connectivity index (χ2v) is 5.25. The Hall–Kier alpha value is -1.82. The monoisotopic (exact) mass is 277 g/mol. The van der Waals surface area contributed by atoms with Crippen molar-refractivity contribution in [1.82, 2.24) is 9.97 Å². The summed E-state index contributed by atoms with van der Waals surface area (Å²) in [5, 5.41) is 12.5. The van der Waals surface area contributed by atoms with Crippen LogP contribution >= 0.6 is 11.8 Å². The van der Waals surface area contributed by atoms with Crippen LogP contribution in [0.15, 0.2) is 18.2 Å². The van der Waals surface area contributed by atoms with Gasteiger partial charge in [0.1, 0.15) is 17.4 Å². The number of halogens is 1. The number of hydrogen-bond acceptors (Lipinski definition) is 5. The molecule has 0 atom stereocenters. The average Bonchev–Trinajstić information content (AvgIpc) is 2.84. The van der Waals surface area contributed by atoms with Crippen LogP contribution in [-0.4, -0.2) is 22.1 Å². The molecule has 0 aliphatic carbocycles. The lowest BCUT2D eigenvalue weighted by Crippen LogP contribution is -2.03. The van der Waals surface area contributed by atoms with Gasteiger partial charge in [-0.25, -0.2) is 14.4 Å². The van der Waals surface area contributed by atoms with Crippen molar-refractivity contribution < 1.29 is 9.50 Å². The van der Waals surface area contributed by atoms with Gasteiger partial charge in [-0.3, -0.25) is 0 Å². The summed E-state index contributed by atoms with van der Waals surface area (Å²) in [6.07, 6.45) is 0. The lowest BCUT2D eigenvalue weighted by atomic mass is 10.1. The maximum atomic E-state index is 13.3. The van der Waals surface area contributed by atoms with Crippen LogP contribution < -0.4 is 5.32 Å². The van der Waals surface area contributed by atoms with Crippen molar-refractivity contribution >= 4 is 17.6 Å². The highest BCUT2D eigenvalue weighted by Crippen LogP contribution is 2.34. The first-order valence-corrected chi connectivity index (χ1v) is 6.98. The summed E-state index contributed by atoms with van der Waals surface area (Å²) in [5.41, 5.74) is 2.56. The standard InChI is InChI=1S/C13H12FN3OS/c1-15-13-10-5-19-6-11(10)16-12(17-13)7-2-8(14)4-9(18)3-7/h2-4,18H,5-6H2,1H3,(H,15,16,17). The van der Waals surface area contributed by atoms with Crippen molar-refractivity contribution in [2.75, 3.05) is 12.4 Å². The van der Waals surface area contributed by atoms with Gasteiger partial charge in [-0.2, -0.15) is 11.8 Å². The minimum absolute atomic E-state index is 0.125. The van der Waals surface area contributed by atoms with Crippen LogP contribution in [0.4, 0.5) is 10.2 Å². The van der Waals surface area contributed by atoms with Crippen LogP contribution in [0.3, 0.4) is 0 Å². The number of nitrogens with one attached hydrogen (secondary N) is 1. The Labute approximate surface area is 114 Å². The third-order valence-electron chi connectivity index (χ3n) is 2.96. The summed E-state index contributed by atoms with van der Waals surface area (Å²) >= 11 is 1.78. The van der Waals surface area contributed by atoms with Crippen molar-refractivity contribution in [1.29, 1.82) is 0 Å². The van der Waals surface area contributed by atoms with Gasteiger partial charge in [-0.15, -0.1) is 0 Å². The summed E-state index contributed by atoms with van der Waals surface area (Å²) in [6, 6.07) is 3.85. The topological polar surface area (TPSA) is 58.0 Å². The Bertz CT molecular complexity index is 628. The maximum Gasteiger partial charge on any atom is 0.162 e. The number of fused-ring (bicyclic) bond motifs is 1. The molecule has 2 N–H and O–H groups in total. The number of nitrogens with zero attached hydrogens (tertiary/aromatic N) is 2. The van der Waals surface area contributed by atoms with E-state index in [2.05, 4.69) is 15.3 Å². The van der Waals surface area contributed by atoms with Gasteiger partial charge in [-0.05, 0) is 12.1 Å². The zero-order valence-electron chi connectivity index (χ0n) is 10.3. The fourth-order valence-electron chi connectivity index (χ4n) is 2.09. The molecule has 2 heterocycles. The number of benzene rings is 1. The molecular formula is C13H12FN3OS. The third-order valence-corrected chi connectivity index (χ3v) is 3.93. The highest BCUT2D eigenvalue weighted by molar-refractivity contribution is 7.98. The molecule has 0 unspecified atom stereocenters. The fraction of sp³-hybridized carbons (Fsp3) is 0.231. The average molecular weight is 277 g/mol. The van der Waals surface area contributed by atoms with Crippen molar-refractivity contribution in [3.8, 4) is 17.1 Å². The van der Waals surface area contributed by atoms with E-state index in [0.29, 0.717) is 11.4 Å². The van der Waals surface area contributed by atoms with Crippen LogP contribution in [0.5, 0.6) is 5.75 Å². The molecule has 98 valence electrons. The van der Waals surface area contributed by atoms with Crippen LogP contribution in [-0.2, 0) is 11.5 Å². The van der Waals surface area contributed by atoms with E-state index in [1.165, 1.54) is 12.1 Å². The summed E-state index contributed by atoms with van der Waals surface area (Å²) in [6.45, 7) is 0. The van der Waals surface area contributed by atoms with E-state index < -0.39 is 5.82 Å². The van der Waals surface area contributed by atoms with Crippen molar-refractivity contribution in [3.63, 3.8) is 0 Å². The molecule has 0 bridgehead atoms. The lowest BCUT2D eigenvalue weighted by Gasteiger charge is -2.09. The number of anilines is 1. The van der Waals surface area contributed by atoms with E-state index in [1.54, 1.807) is 18.8 Å². The number of phenolic OH excluding ortho intramolecular Hbond substituents is 1. The zero-order valence-corrected chi connectivity index (χ0v) is 11.1. The van der Waals surface area contributed by atoms with E-state index in [0.717, 1.165) is 34.6 Å². The number of rotatable bonds is 2.